The van der Waals surface area contributed by atoms with Crippen LogP contribution in [-0.4, -0.2) is 65.3 Å². The van der Waals surface area contributed by atoms with E-state index in [4.69, 9.17) is 9.47 Å². The number of nitrogens with one attached hydrogen (secondary N) is 2. The molecule has 2 aliphatic heterocycles. The minimum absolute atomic E-state index is 0.0844. The van der Waals surface area contributed by atoms with E-state index in [9.17, 15) is 19.8 Å². The van der Waals surface area contributed by atoms with E-state index in [-0.39, 0.29) is 30.6 Å². The molecule has 0 aromatic rings. The summed E-state index contributed by atoms with van der Waals surface area (Å²) in [6.45, 7) is 12.4. The maximum atomic E-state index is 12.5. The van der Waals surface area contributed by atoms with Crippen molar-refractivity contribution in [3.8, 4) is 0 Å². The molecule has 39 heavy (non-hydrogen) atoms. The van der Waals surface area contributed by atoms with Crippen LogP contribution in [0.3, 0.4) is 0 Å². The Bertz CT molecular complexity index is 787. The molecular formula is C31H56N2O6. The smallest absolute Gasteiger partial charge is 0.225 e. The molecule has 226 valence electrons. The van der Waals surface area contributed by atoms with Gasteiger partial charge in [0.05, 0.1) is 30.3 Å². The molecule has 0 aliphatic carbocycles. The van der Waals surface area contributed by atoms with E-state index in [0.29, 0.717) is 24.8 Å². The normalized spacial score (nSPS) is 28.9. The van der Waals surface area contributed by atoms with Gasteiger partial charge in [0, 0.05) is 32.4 Å². The summed E-state index contributed by atoms with van der Waals surface area (Å²) < 4.78 is 13.3. The zero-order valence-corrected chi connectivity index (χ0v) is 25.3. The number of carbonyl (C=O) groups is 2. The third-order valence-corrected chi connectivity index (χ3v) is 8.54. The van der Waals surface area contributed by atoms with Gasteiger partial charge in [-0.1, -0.05) is 33.8 Å². The van der Waals surface area contributed by atoms with E-state index in [1.165, 1.54) is 0 Å². The maximum absolute atomic E-state index is 12.5. The predicted octanol–water partition coefficient (Wildman–Crippen LogP) is 4.62. The van der Waals surface area contributed by atoms with Crippen LogP contribution in [0, 0.1) is 17.8 Å². The average Bonchev–Trinajstić information content (AvgIpc) is 2.90. The number of aliphatic hydroxyl groups is 2. The Hall–Kier alpha value is -1.48. The van der Waals surface area contributed by atoms with Gasteiger partial charge in [0.2, 0.25) is 11.8 Å². The van der Waals surface area contributed by atoms with Crippen LogP contribution in [0.2, 0.25) is 0 Å². The van der Waals surface area contributed by atoms with Crippen molar-refractivity contribution >= 4 is 11.8 Å². The first-order valence-corrected chi connectivity index (χ1v) is 15.4. The molecule has 2 fully saturated rings. The maximum Gasteiger partial charge on any atom is 0.225 e. The minimum Gasteiger partial charge on any atom is -0.390 e. The molecule has 0 bridgehead atoms. The Labute approximate surface area is 236 Å². The van der Waals surface area contributed by atoms with Gasteiger partial charge in [-0.05, 0) is 82.6 Å². The highest BCUT2D eigenvalue weighted by atomic mass is 16.7. The SMILES string of the molecule is CCCC(=O)NC[C@H](O)[C@H](C)C(=O)NCCC[C@H]1O[C@@]2(CCC[C@@H](CC[C@H](C)/C=C(\C)[C@H](C)O)O2)CCC1C. The van der Waals surface area contributed by atoms with E-state index in [2.05, 4.69) is 30.6 Å². The third kappa shape index (κ3) is 11.5. The number of rotatable bonds is 15. The summed E-state index contributed by atoms with van der Waals surface area (Å²) in [5, 5.41) is 25.6. The third-order valence-electron chi connectivity index (χ3n) is 8.54. The molecule has 8 heteroatoms. The van der Waals surface area contributed by atoms with Gasteiger partial charge in [-0.2, -0.15) is 0 Å². The summed E-state index contributed by atoms with van der Waals surface area (Å²) in [6.07, 6.45) is 11.1. The van der Waals surface area contributed by atoms with Crippen molar-refractivity contribution in [3.05, 3.63) is 11.6 Å². The summed E-state index contributed by atoms with van der Waals surface area (Å²) in [4.78, 5) is 24.1. The molecule has 2 saturated heterocycles. The number of hydrogen-bond donors (Lipinski definition) is 4. The lowest BCUT2D eigenvalue weighted by Crippen LogP contribution is -2.50. The molecule has 2 rings (SSSR count). The summed E-state index contributed by atoms with van der Waals surface area (Å²) in [6, 6.07) is 0. The second kappa shape index (κ2) is 16.7. The van der Waals surface area contributed by atoms with Crippen molar-refractivity contribution in [2.75, 3.05) is 13.1 Å². The van der Waals surface area contributed by atoms with Gasteiger partial charge >= 0.3 is 0 Å². The van der Waals surface area contributed by atoms with Gasteiger partial charge in [-0.25, -0.2) is 0 Å². The number of amides is 2. The second-order valence-corrected chi connectivity index (χ2v) is 12.2. The molecule has 4 N–H and O–H groups in total. The van der Waals surface area contributed by atoms with Crippen LogP contribution in [-0.2, 0) is 19.1 Å². The van der Waals surface area contributed by atoms with E-state index >= 15 is 0 Å². The van der Waals surface area contributed by atoms with Crippen LogP contribution in [0.25, 0.3) is 0 Å². The molecule has 8 atom stereocenters. The van der Waals surface area contributed by atoms with E-state index in [1.807, 2.05) is 20.8 Å². The lowest BCUT2D eigenvalue weighted by molar-refractivity contribution is -0.324. The number of hydrogen-bond acceptors (Lipinski definition) is 6. The van der Waals surface area contributed by atoms with Gasteiger partial charge in [-0.15, -0.1) is 0 Å². The molecule has 0 aromatic carbocycles. The fourth-order valence-electron chi connectivity index (χ4n) is 5.60. The average molecular weight is 553 g/mol. The molecular weight excluding hydrogens is 496 g/mol. The lowest BCUT2D eigenvalue weighted by Gasteiger charge is -2.48. The molecule has 2 heterocycles. The molecule has 2 amide bonds. The topological polar surface area (TPSA) is 117 Å². The summed E-state index contributed by atoms with van der Waals surface area (Å²) in [7, 11) is 0. The van der Waals surface area contributed by atoms with Crippen molar-refractivity contribution in [2.24, 2.45) is 17.8 Å². The first-order chi connectivity index (χ1) is 18.5. The van der Waals surface area contributed by atoms with E-state index < -0.39 is 23.9 Å². The van der Waals surface area contributed by atoms with Crippen molar-refractivity contribution < 1.29 is 29.3 Å². The van der Waals surface area contributed by atoms with Gasteiger partial charge in [-0.3, -0.25) is 9.59 Å². The molecule has 2 aliphatic rings. The summed E-state index contributed by atoms with van der Waals surface area (Å²) >= 11 is 0. The van der Waals surface area contributed by atoms with Crippen LogP contribution in [0.1, 0.15) is 112 Å². The highest BCUT2D eigenvalue weighted by Crippen LogP contribution is 2.43. The van der Waals surface area contributed by atoms with Crippen molar-refractivity contribution in [3.63, 3.8) is 0 Å². The lowest BCUT2D eigenvalue weighted by atomic mass is 9.85. The van der Waals surface area contributed by atoms with Gasteiger partial charge in [0.25, 0.3) is 0 Å². The van der Waals surface area contributed by atoms with Crippen LogP contribution in [0.5, 0.6) is 0 Å². The zero-order chi connectivity index (χ0) is 29.0. The summed E-state index contributed by atoms with van der Waals surface area (Å²) in [5.41, 5.74) is 1.02. The first kappa shape index (κ1) is 33.7. The van der Waals surface area contributed by atoms with Gasteiger partial charge < -0.3 is 30.3 Å². The molecule has 1 unspecified atom stereocenters. The van der Waals surface area contributed by atoms with E-state index in [0.717, 1.165) is 69.8 Å². The number of ether oxygens (including phenoxy) is 2. The Kier molecular flexibility index (Phi) is 14.4. The standard InChI is InChI=1S/C31H56N2O6/c1-7-10-29(36)33-20-27(35)24(5)30(37)32-18-9-12-28-22(3)15-17-31(39-28)16-8-11-26(38-31)14-13-21(2)19-23(4)25(6)34/h19,21-22,24-28,34-35H,7-18,20H2,1-6H3,(H,32,37)(H,33,36)/b23-19+/t21-,22?,24-,25-,26-,27-,28+,31-/m0/s1. The Morgan fingerprint density at radius 3 is 2.51 bits per heavy atom. The van der Waals surface area contributed by atoms with Gasteiger partial charge in [0.1, 0.15) is 0 Å². The van der Waals surface area contributed by atoms with Crippen LogP contribution >= 0.6 is 0 Å². The Morgan fingerprint density at radius 2 is 1.82 bits per heavy atom. The highest BCUT2D eigenvalue weighted by molar-refractivity contribution is 5.79. The molecule has 8 nitrogen and oxygen atoms in total. The van der Waals surface area contributed by atoms with Crippen molar-refractivity contribution in [1.29, 1.82) is 0 Å². The Morgan fingerprint density at radius 1 is 1.08 bits per heavy atom. The number of allylic oxidation sites excluding steroid dienone is 1. The number of carbonyl (C=O) groups excluding carboxylic acids is 2. The van der Waals surface area contributed by atoms with Gasteiger partial charge in [0.15, 0.2) is 5.79 Å². The fourth-order valence-corrected chi connectivity index (χ4v) is 5.60. The van der Waals surface area contributed by atoms with Crippen LogP contribution in [0.15, 0.2) is 11.6 Å². The molecule has 1 spiro atoms. The quantitative estimate of drug-likeness (QED) is 0.174. The fraction of sp³-hybridized carbons (Fsp3) is 0.871. The van der Waals surface area contributed by atoms with E-state index in [1.54, 1.807) is 6.92 Å². The summed E-state index contributed by atoms with van der Waals surface area (Å²) in [5.74, 6) is -0.546. The largest absolute Gasteiger partial charge is 0.390 e. The van der Waals surface area contributed by atoms with Crippen molar-refractivity contribution in [1.82, 2.24) is 10.6 Å². The predicted molar refractivity (Wildman–Crippen MR) is 154 cm³/mol. The monoisotopic (exact) mass is 552 g/mol. The molecule has 0 saturated carbocycles. The molecule has 0 aromatic heterocycles. The first-order valence-electron chi connectivity index (χ1n) is 15.4. The second-order valence-electron chi connectivity index (χ2n) is 12.2. The van der Waals surface area contributed by atoms with Crippen molar-refractivity contribution in [2.45, 2.75) is 142 Å². The highest BCUT2D eigenvalue weighted by Gasteiger charge is 2.44. The van der Waals surface area contributed by atoms with Crippen LogP contribution in [0.4, 0.5) is 0 Å². The minimum atomic E-state index is -0.912. The Balaban J connectivity index is 1.76. The molecule has 0 radical (unpaired) electrons. The number of aliphatic hydroxyl groups excluding tert-OH is 2. The van der Waals surface area contributed by atoms with Crippen LogP contribution < -0.4 is 10.6 Å². The zero-order valence-electron chi connectivity index (χ0n) is 25.3.